The fourth-order valence-corrected chi connectivity index (χ4v) is 3.57. The molecule has 0 N–H and O–H groups in total. The zero-order chi connectivity index (χ0) is 12.0. The number of alkyl halides is 1. The summed E-state index contributed by atoms with van der Waals surface area (Å²) in [6.07, 6.45) is 2.69. The van der Waals surface area contributed by atoms with Crippen LogP contribution in [0.2, 0.25) is 0 Å². The predicted molar refractivity (Wildman–Crippen MR) is 69.8 cm³/mol. The lowest BCUT2D eigenvalue weighted by atomic mass is 9.84. The van der Waals surface area contributed by atoms with Crippen LogP contribution in [0.1, 0.15) is 36.3 Å². The smallest absolute Gasteiger partial charge is 0.227 e. The molecule has 2 aliphatic rings. The van der Waals surface area contributed by atoms with Crippen LogP contribution in [0.3, 0.4) is 0 Å². The van der Waals surface area contributed by atoms with Gasteiger partial charge in [0.2, 0.25) is 5.91 Å². The molecule has 90 valence electrons. The highest BCUT2D eigenvalue weighted by Crippen LogP contribution is 2.44. The molecule has 3 rings (SSSR count). The Morgan fingerprint density at radius 3 is 3.06 bits per heavy atom. The molecule has 0 aromatic heterocycles. The van der Waals surface area contributed by atoms with Gasteiger partial charge in [-0.1, -0.05) is 12.1 Å². The third kappa shape index (κ3) is 1.58. The molecule has 1 fully saturated rings. The van der Waals surface area contributed by atoms with Gasteiger partial charge in [-0.05, 0) is 37.0 Å². The first kappa shape index (κ1) is 11.1. The molecule has 1 amide bonds. The van der Waals surface area contributed by atoms with Crippen LogP contribution < -0.4 is 4.90 Å². The Morgan fingerprint density at radius 2 is 2.29 bits per heavy atom. The van der Waals surface area contributed by atoms with Crippen molar-refractivity contribution in [1.82, 2.24) is 0 Å². The van der Waals surface area contributed by atoms with Crippen LogP contribution in [0.15, 0.2) is 18.2 Å². The van der Waals surface area contributed by atoms with E-state index in [0.717, 1.165) is 18.5 Å². The number of amides is 1. The fourth-order valence-electron chi connectivity index (χ4n) is 3.29. The predicted octanol–water partition coefficient (Wildman–Crippen LogP) is 3.22. The number of halogens is 1. The van der Waals surface area contributed by atoms with Gasteiger partial charge in [-0.2, -0.15) is 0 Å². The number of nitrogens with zero attached hydrogens (tertiary/aromatic N) is 1. The average molecular weight is 250 g/mol. The molecule has 17 heavy (non-hydrogen) atoms. The van der Waals surface area contributed by atoms with E-state index in [0.29, 0.717) is 24.3 Å². The second kappa shape index (κ2) is 4.02. The summed E-state index contributed by atoms with van der Waals surface area (Å²) in [6.45, 7) is 2.11. The first-order valence-electron chi connectivity index (χ1n) is 6.20. The minimum absolute atomic E-state index is 0.273. The lowest BCUT2D eigenvalue weighted by Gasteiger charge is -2.37. The number of benzene rings is 1. The summed E-state index contributed by atoms with van der Waals surface area (Å²) >= 11 is 6.10. The van der Waals surface area contributed by atoms with Crippen molar-refractivity contribution in [3.05, 3.63) is 29.3 Å². The van der Waals surface area contributed by atoms with E-state index in [4.69, 9.17) is 11.6 Å². The maximum Gasteiger partial charge on any atom is 0.227 e. The molecule has 0 bridgehead atoms. The first-order valence-corrected chi connectivity index (χ1v) is 6.73. The third-order valence-electron chi connectivity index (χ3n) is 4.04. The molecule has 0 saturated carbocycles. The van der Waals surface area contributed by atoms with Gasteiger partial charge in [-0.15, -0.1) is 11.6 Å². The zero-order valence-electron chi connectivity index (χ0n) is 9.95. The fraction of sp³-hybridized carbons (Fsp3) is 0.500. The summed E-state index contributed by atoms with van der Waals surface area (Å²) < 4.78 is 0. The van der Waals surface area contributed by atoms with Crippen molar-refractivity contribution in [3.63, 3.8) is 0 Å². The number of hydrogen-bond donors (Lipinski definition) is 0. The lowest BCUT2D eigenvalue weighted by molar-refractivity contribution is -0.117. The minimum atomic E-state index is 0.273. The van der Waals surface area contributed by atoms with Gasteiger partial charge in [0.05, 0.1) is 0 Å². The lowest BCUT2D eigenvalue weighted by Crippen LogP contribution is -2.39. The Hall–Kier alpha value is -1.02. The highest BCUT2D eigenvalue weighted by Gasteiger charge is 2.40. The molecule has 1 saturated heterocycles. The van der Waals surface area contributed by atoms with Gasteiger partial charge in [0.25, 0.3) is 0 Å². The highest BCUT2D eigenvalue weighted by molar-refractivity contribution is 6.18. The van der Waals surface area contributed by atoms with Crippen LogP contribution in [0.5, 0.6) is 0 Å². The first-order chi connectivity index (χ1) is 8.22. The molecule has 3 heteroatoms. The van der Waals surface area contributed by atoms with E-state index in [9.17, 15) is 4.79 Å². The van der Waals surface area contributed by atoms with Crippen molar-refractivity contribution in [2.24, 2.45) is 0 Å². The van der Waals surface area contributed by atoms with Crippen molar-refractivity contribution in [3.8, 4) is 0 Å². The van der Waals surface area contributed by atoms with Gasteiger partial charge in [0.1, 0.15) is 0 Å². The Morgan fingerprint density at radius 1 is 1.47 bits per heavy atom. The van der Waals surface area contributed by atoms with Crippen LogP contribution in [0, 0.1) is 6.92 Å². The Bertz CT molecular complexity index is 471. The zero-order valence-corrected chi connectivity index (χ0v) is 10.7. The van der Waals surface area contributed by atoms with Crippen molar-refractivity contribution >= 4 is 23.2 Å². The molecule has 1 aromatic carbocycles. The molecule has 0 unspecified atom stereocenters. The summed E-state index contributed by atoms with van der Waals surface area (Å²) in [5.74, 6) is 1.33. The topological polar surface area (TPSA) is 20.3 Å². The van der Waals surface area contributed by atoms with E-state index in [-0.39, 0.29) is 5.91 Å². The van der Waals surface area contributed by atoms with E-state index in [1.165, 1.54) is 11.1 Å². The van der Waals surface area contributed by atoms with Crippen molar-refractivity contribution in [2.75, 3.05) is 10.8 Å². The Kier molecular flexibility index (Phi) is 2.62. The summed E-state index contributed by atoms with van der Waals surface area (Å²) in [7, 11) is 0. The van der Waals surface area contributed by atoms with Gasteiger partial charge < -0.3 is 4.90 Å². The molecule has 0 spiro atoms. The SMILES string of the molecule is Cc1cccc2c1[C@@H](CCl)C[C@H]1CCC(=O)N21. The van der Waals surface area contributed by atoms with Gasteiger partial charge >= 0.3 is 0 Å². The van der Waals surface area contributed by atoms with Crippen LogP contribution in [-0.2, 0) is 4.79 Å². The monoisotopic (exact) mass is 249 g/mol. The van der Waals surface area contributed by atoms with Crippen LogP contribution in [-0.4, -0.2) is 17.8 Å². The molecular weight excluding hydrogens is 234 g/mol. The third-order valence-corrected chi connectivity index (χ3v) is 4.41. The molecule has 2 atom stereocenters. The van der Waals surface area contributed by atoms with Crippen LogP contribution in [0.4, 0.5) is 5.69 Å². The molecular formula is C14H16ClNO. The summed E-state index contributed by atoms with van der Waals surface area (Å²) in [6, 6.07) is 6.59. The Labute approximate surface area is 107 Å². The molecule has 0 radical (unpaired) electrons. The maximum absolute atomic E-state index is 12.0. The van der Waals surface area contributed by atoms with Crippen molar-refractivity contribution in [2.45, 2.75) is 38.1 Å². The van der Waals surface area contributed by atoms with Crippen molar-refractivity contribution < 1.29 is 4.79 Å². The quantitative estimate of drug-likeness (QED) is 0.700. The number of hydrogen-bond acceptors (Lipinski definition) is 1. The average Bonchev–Trinajstić information content (AvgIpc) is 2.70. The molecule has 2 heterocycles. The van der Waals surface area contributed by atoms with Crippen molar-refractivity contribution in [1.29, 1.82) is 0 Å². The molecule has 2 nitrogen and oxygen atoms in total. The van der Waals surface area contributed by atoms with Crippen LogP contribution in [0.25, 0.3) is 0 Å². The van der Waals surface area contributed by atoms with E-state index >= 15 is 0 Å². The number of rotatable bonds is 1. The van der Waals surface area contributed by atoms with E-state index < -0.39 is 0 Å². The van der Waals surface area contributed by atoms with E-state index in [1.54, 1.807) is 0 Å². The summed E-state index contributed by atoms with van der Waals surface area (Å²) in [4.78, 5) is 14.0. The maximum atomic E-state index is 12.0. The van der Waals surface area contributed by atoms with Gasteiger partial charge in [-0.25, -0.2) is 0 Å². The molecule has 0 aliphatic carbocycles. The number of anilines is 1. The number of carbonyl (C=O) groups excluding carboxylic acids is 1. The minimum Gasteiger partial charge on any atom is -0.309 e. The second-order valence-electron chi connectivity index (χ2n) is 5.05. The summed E-state index contributed by atoms with van der Waals surface area (Å²) in [5.41, 5.74) is 3.65. The largest absolute Gasteiger partial charge is 0.309 e. The number of fused-ring (bicyclic) bond motifs is 3. The second-order valence-corrected chi connectivity index (χ2v) is 5.36. The van der Waals surface area contributed by atoms with Crippen LogP contribution >= 0.6 is 11.6 Å². The van der Waals surface area contributed by atoms with Gasteiger partial charge in [0, 0.05) is 29.9 Å². The Balaban J connectivity index is 2.16. The normalized spacial score (nSPS) is 26.9. The van der Waals surface area contributed by atoms with E-state index in [1.807, 2.05) is 11.0 Å². The summed E-state index contributed by atoms with van der Waals surface area (Å²) in [5, 5.41) is 0. The molecule has 2 aliphatic heterocycles. The number of aryl methyl sites for hydroxylation is 1. The van der Waals surface area contributed by atoms with Gasteiger partial charge in [-0.3, -0.25) is 4.79 Å². The number of carbonyl (C=O) groups is 1. The van der Waals surface area contributed by atoms with E-state index in [2.05, 4.69) is 19.1 Å². The standard InChI is InChI=1S/C14H16ClNO/c1-9-3-2-4-12-14(9)10(8-15)7-11-5-6-13(17)16(11)12/h2-4,10-11H,5-8H2,1H3/t10-,11-/m1/s1. The molecule has 1 aromatic rings. The van der Waals surface area contributed by atoms with Gasteiger partial charge in [0.15, 0.2) is 0 Å². The highest BCUT2D eigenvalue weighted by atomic mass is 35.5.